The number of amides is 1. The Hall–Kier alpha value is -2.00. The highest BCUT2D eigenvalue weighted by Gasteiger charge is 2.05. The molecule has 110 valence electrons. The van der Waals surface area contributed by atoms with Gasteiger partial charge < -0.3 is 10.6 Å². The second kappa shape index (κ2) is 7.14. The zero-order valence-electron chi connectivity index (χ0n) is 12.2. The third kappa shape index (κ3) is 4.50. The zero-order valence-corrected chi connectivity index (χ0v) is 13.0. The Kier molecular flexibility index (Phi) is 5.23. The van der Waals surface area contributed by atoms with Crippen molar-refractivity contribution >= 4 is 23.2 Å². The standard InChI is InChI=1S/C17H19ClN2O/c1-12-4-3-5-13(2)17(12)20-11-16(21)19-10-14-6-8-15(18)9-7-14/h3-9,20H,10-11H2,1-2H3,(H,19,21). The molecule has 0 spiro atoms. The first-order valence-corrected chi connectivity index (χ1v) is 7.25. The van der Waals surface area contributed by atoms with Crippen molar-refractivity contribution < 1.29 is 4.79 Å². The third-order valence-electron chi connectivity index (χ3n) is 3.31. The molecule has 0 aliphatic rings. The lowest BCUT2D eigenvalue weighted by Gasteiger charge is -2.12. The summed E-state index contributed by atoms with van der Waals surface area (Å²) in [7, 11) is 0. The van der Waals surface area contributed by atoms with E-state index in [0.29, 0.717) is 11.6 Å². The van der Waals surface area contributed by atoms with Crippen LogP contribution in [0.25, 0.3) is 0 Å². The van der Waals surface area contributed by atoms with Gasteiger partial charge in [0.05, 0.1) is 6.54 Å². The van der Waals surface area contributed by atoms with Gasteiger partial charge in [-0.2, -0.15) is 0 Å². The van der Waals surface area contributed by atoms with Crippen molar-refractivity contribution in [2.75, 3.05) is 11.9 Å². The van der Waals surface area contributed by atoms with E-state index < -0.39 is 0 Å². The van der Waals surface area contributed by atoms with Crippen LogP contribution in [-0.2, 0) is 11.3 Å². The predicted molar refractivity (Wildman–Crippen MR) is 87.7 cm³/mol. The number of para-hydroxylation sites is 1. The Labute approximate surface area is 130 Å². The number of anilines is 1. The normalized spacial score (nSPS) is 10.2. The van der Waals surface area contributed by atoms with Crippen molar-refractivity contribution in [3.05, 3.63) is 64.2 Å². The smallest absolute Gasteiger partial charge is 0.239 e. The first-order valence-electron chi connectivity index (χ1n) is 6.87. The molecule has 3 nitrogen and oxygen atoms in total. The largest absolute Gasteiger partial charge is 0.376 e. The summed E-state index contributed by atoms with van der Waals surface area (Å²) < 4.78 is 0. The number of carbonyl (C=O) groups is 1. The van der Waals surface area contributed by atoms with Crippen LogP contribution in [0.5, 0.6) is 0 Å². The molecule has 2 aromatic rings. The second-order valence-electron chi connectivity index (χ2n) is 5.02. The molecule has 0 saturated heterocycles. The molecular formula is C17H19ClN2O. The molecule has 1 amide bonds. The van der Waals surface area contributed by atoms with Crippen molar-refractivity contribution in [3.63, 3.8) is 0 Å². The molecule has 21 heavy (non-hydrogen) atoms. The number of hydrogen-bond donors (Lipinski definition) is 2. The molecule has 0 fully saturated rings. The molecular weight excluding hydrogens is 284 g/mol. The molecule has 0 heterocycles. The van der Waals surface area contributed by atoms with Crippen LogP contribution in [-0.4, -0.2) is 12.5 Å². The fraction of sp³-hybridized carbons (Fsp3) is 0.235. The van der Waals surface area contributed by atoms with E-state index in [1.165, 1.54) is 0 Å². The fourth-order valence-electron chi connectivity index (χ4n) is 2.13. The van der Waals surface area contributed by atoms with Crippen LogP contribution in [0.3, 0.4) is 0 Å². The summed E-state index contributed by atoms with van der Waals surface area (Å²) >= 11 is 5.82. The molecule has 0 aliphatic carbocycles. The van der Waals surface area contributed by atoms with Gasteiger partial charge in [0.25, 0.3) is 0 Å². The summed E-state index contributed by atoms with van der Waals surface area (Å²) in [5, 5.41) is 6.77. The van der Waals surface area contributed by atoms with Gasteiger partial charge in [-0.25, -0.2) is 0 Å². The molecule has 0 bridgehead atoms. The maximum Gasteiger partial charge on any atom is 0.239 e. The molecule has 0 aliphatic heterocycles. The van der Waals surface area contributed by atoms with Crippen LogP contribution >= 0.6 is 11.6 Å². The summed E-state index contributed by atoms with van der Waals surface area (Å²) in [6.45, 7) is 4.83. The number of rotatable bonds is 5. The summed E-state index contributed by atoms with van der Waals surface area (Å²) in [6, 6.07) is 13.5. The van der Waals surface area contributed by atoms with Crippen molar-refractivity contribution in [1.29, 1.82) is 0 Å². The maximum absolute atomic E-state index is 11.9. The summed E-state index contributed by atoms with van der Waals surface area (Å²) in [5.41, 5.74) is 4.33. The summed E-state index contributed by atoms with van der Waals surface area (Å²) in [6.07, 6.45) is 0. The average molecular weight is 303 g/mol. The number of benzene rings is 2. The van der Waals surface area contributed by atoms with Gasteiger partial charge in [-0.3, -0.25) is 4.79 Å². The highest BCUT2D eigenvalue weighted by Crippen LogP contribution is 2.18. The van der Waals surface area contributed by atoms with E-state index in [0.717, 1.165) is 22.4 Å². The van der Waals surface area contributed by atoms with Gasteiger partial charge >= 0.3 is 0 Å². The monoisotopic (exact) mass is 302 g/mol. The number of aryl methyl sites for hydroxylation is 2. The Morgan fingerprint density at radius 2 is 1.67 bits per heavy atom. The molecule has 0 radical (unpaired) electrons. The van der Waals surface area contributed by atoms with Gasteiger partial charge in [0.1, 0.15) is 0 Å². The van der Waals surface area contributed by atoms with E-state index in [2.05, 4.69) is 10.6 Å². The molecule has 4 heteroatoms. The van der Waals surface area contributed by atoms with Crippen molar-refractivity contribution in [2.45, 2.75) is 20.4 Å². The van der Waals surface area contributed by atoms with Gasteiger partial charge in [-0.05, 0) is 42.7 Å². The second-order valence-corrected chi connectivity index (χ2v) is 5.46. The van der Waals surface area contributed by atoms with Gasteiger partial charge in [0.15, 0.2) is 0 Å². The lowest BCUT2D eigenvalue weighted by atomic mass is 10.1. The van der Waals surface area contributed by atoms with Crippen molar-refractivity contribution in [2.24, 2.45) is 0 Å². The van der Waals surface area contributed by atoms with E-state index >= 15 is 0 Å². The molecule has 0 aromatic heterocycles. The van der Waals surface area contributed by atoms with Gasteiger partial charge in [0, 0.05) is 17.3 Å². The van der Waals surface area contributed by atoms with Gasteiger partial charge in [0.2, 0.25) is 5.91 Å². The molecule has 0 atom stereocenters. The number of hydrogen-bond acceptors (Lipinski definition) is 2. The van der Waals surface area contributed by atoms with E-state index in [1.54, 1.807) is 0 Å². The Bertz CT molecular complexity index is 603. The molecule has 2 aromatic carbocycles. The average Bonchev–Trinajstić information content (AvgIpc) is 2.46. The first kappa shape index (κ1) is 15.4. The van der Waals surface area contributed by atoms with Crippen LogP contribution in [0.4, 0.5) is 5.69 Å². The summed E-state index contributed by atoms with van der Waals surface area (Å²) in [4.78, 5) is 11.9. The molecule has 2 rings (SSSR count). The Balaban J connectivity index is 1.84. The number of nitrogens with one attached hydrogen (secondary N) is 2. The molecule has 0 saturated carbocycles. The Morgan fingerprint density at radius 1 is 1.05 bits per heavy atom. The van der Waals surface area contributed by atoms with Gasteiger partial charge in [-0.1, -0.05) is 41.9 Å². The van der Waals surface area contributed by atoms with E-state index in [9.17, 15) is 4.79 Å². The van der Waals surface area contributed by atoms with Crippen molar-refractivity contribution in [3.8, 4) is 0 Å². The van der Waals surface area contributed by atoms with E-state index in [-0.39, 0.29) is 12.5 Å². The van der Waals surface area contributed by atoms with Crippen LogP contribution in [0, 0.1) is 13.8 Å². The van der Waals surface area contributed by atoms with Gasteiger partial charge in [-0.15, -0.1) is 0 Å². The highest BCUT2D eigenvalue weighted by molar-refractivity contribution is 6.30. The molecule has 2 N–H and O–H groups in total. The third-order valence-corrected chi connectivity index (χ3v) is 3.56. The minimum atomic E-state index is -0.0346. The topological polar surface area (TPSA) is 41.1 Å². The number of halogens is 1. The van der Waals surface area contributed by atoms with E-state index in [4.69, 9.17) is 11.6 Å². The van der Waals surface area contributed by atoms with Crippen LogP contribution in [0.2, 0.25) is 5.02 Å². The predicted octanol–water partition coefficient (Wildman–Crippen LogP) is 3.69. The fourth-order valence-corrected chi connectivity index (χ4v) is 2.25. The SMILES string of the molecule is Cc1cccc(C)c1NCC(=O)NCc1ccc(Cl)cc1. The minimum Gasteiger partial charge on any atom is -0.376 e. The first-order chi connectivity index (χ1) is 10.1. The zero-order chi connectivity index (χ0) is 15.2. The quantitative estimate of drug-likeness (QED) is 0.884. The maximum atomic E-state index is 11.9. The minimum absolute atomic E-state index is 0.0346. The van der Waals surface area contributed by atoms with Crippen LogP contribution < -0.4 is 10.6 Å². The van der Waals surface area contributed by atoms with Crippen LogP contribution in [0.15, 0.2) is 42.5 Å². The number of carbonyl (C=O) groups excluding carboxylic acids is 1. The highest BCUT2D eigenvalue weighted by atomic mass is 35.5. The summed E-state index contributed by atoms with van der Waals surface area (Å²) in [5.74, 6) is -0.0346. The van der Waals surface area contributed by atoms with Crippen LogP contribution in [0.1, 0.15) is 16.7 Å². The molecule has 0 unspecified atom stereocenters. The lowest BCUT2D eigenvalue weighted by molar-refractivity contribution is -0.119. The Morgan fingerprint density at radius 3 is 2.29 bits per heavy atom. The van der Waals surface area contributed by atoms with Crippen molar-refractivity contribution in [1.82, 2.24) is 5.32 Å². The lowest BCUT2D eigenvalue weighted by Crippen LogP contribution is -2.29. The van der Waals surface area contributed by atoms with E-state index in [1.807, 2.05) is 56.3 Å².